The molecule has 1 heterocycles. The summed E-state index contributed by atoms with van der Waals surface area (Å²) in [5.74, 6) is -2.63. The first-order chi connectivity index (χ1) is 6.99. The summed E-state index contributed by atoms with van der Waals surface area (Å²) in [5.41, 5.74) is -1.05. The summed E-state index contributed by atoms with van der Waals surface area (Å²) in [5, 5.41) is 0. The first-order valence-electron chi connectivity index (χ1n) is 5.22. The van der Waals surface area contributed by atoms with Gasteiger partial charge in [0.25, 0.3) is 5.92 Å². The molecule has 0 amide bonds. The quantitative estimate of drug-likeness (QED) is 0.719. The van der Waals surface area contributed by atoms with E-state index >= 15 is 0 Å². The van der Waals surface area contributed by atoms with E-state index in [4.69, 9.17) is 4.74 Å². The predicted octanol–water partition coefficient (Wildman–Crippen LogP) is 1.70. The smallest absolute Gasteiger partial charge is 0.258 e. The van der Waals surface area contributed by atoms with Crippen molar-refractivity contribution in [3.05, 3.63) is 0 Å². The van der Waals surface area contributed by atoms with Gasteiger partial charge in [-0.15, -0.1) is 0 Å². The van der Waals surface area contributed by atoms with Gasteiger partial charge in [0.05, 0.1) is 12.0 Å². The molecule has 0 unspecified atom stereocenters. The van der Waals surface area contributed by atoms with E-state index in [9.17, 15) is 13.2 Å². The molecule has 0 spiro atoms. The molecule has 2 rings (SSSR count). The van der Waals surface area contributed by atoms with Crippen molar-refractivity contribution in [3.63, 3.8) is 0 Å². The van der Waals surface area contributed by atoms with Crippen LogP contribution in [0.2, 0.25) is 0 Å². The van der Waals surface area contributed by atoms with Crippen molar-refractivity contribution < 1.29 is 17.9 Å². The number of alkyl halides is 3. The summed E-state index contributed by atoms with van der Waals surface area (Å²) in [6, 6.07) is 0. The average molecular weight is 223 g/mol. The first kappa shape index (κ1) is 11.2. The molecule has 1 aliphatic heterocycles. The highest BCUT2D eigenvalue weighted by Gasteiger charge is 2.71. The lowest BCUT2D eigenvalue weighted by Gasteiger charge is -2.22. The first-order valence-corrected chi connectivity index (χ1v) is 5.22. The molecule has 0 N–H and O–H groups in total. The molecule has 1 saturated carbocycles. The van der Waals surface area contributed by atoms with Crippen molar-refractivity contribution in [2.75, 3.05) is 33.4 Å². The third-order valence-corrected chi connectivity index (χ3v) is 3.37. The van der Waals surface area contributed by atoms with Crippen LogP contribution < -0.4 is 0 Å². The van der Waals surface area contributed by atoms with E-state index in [1.807, 2.05) is 0 Å². The zero-order valence-corrected chi connectivity index (χ0v) is 8.81. The fraction of sp³-hybridized carbons (Fsp3) is 1.00. The molecule has 2 nitrogen and oxygen atoms in total. The highest BCUT2D eigenvalue weighted by Crippen LogP contribution is 2.61. The van der Waals surface area contributed by atoms with Crippen LogP contribution in [0.4, 0.5) is 13.2 Å². The van der Waals surface area contributed by atoms with Gasteiger partial charge in [0.2, 0.25) is 0 Å². The van der Waals surface area contributed by atoms with Crippen molar-refractivity contribution in [3.8, 4) is 0 Å². The molecule has 5 heteroatoms. The Kier molecular flexibility index (Phi) is 2.71. The second-order valence-corrected chi connectivity index (χ2v) is 4.72. The van der Waals surface area contributed by atoms with Crippen LogP contribution in [0, 0.1) is 5.41 Å². The largest absolute Gasteiger partial charge is 0.384 e. The van der Waals surface area contributed by atoms with Crippen molar-refractivity contribution in [1.82, 2.24) is 4.90 Å². The lowest BCUT2D eigenvalue weighted by Crippen LogP contribution is -2.34. The minimum absolute atomic E-state index is 0.0629. The van der Waals surface area contributed by atoms with E-state index in [1.54, 1.807) is 4.90 Å². The molecule has 2 fully saturated rings. The van der Waals surface area contributed by atoms with E-state index in [1.165, 1.54) is 7.11 Å². The standard InChI is InChI=1S/C10H16F3NO/c1-15-7-9(5-10(9,12)13)6-14-3-2-8(11)4-14/h8H,2-7H2,1H3/t8-,9-/m1/s1. The normalized spacial score (nSPS) is 39.6. The summed E-state index contributed by atoms with van der Waals surface area (Å²) >= 11 is 0. The lowest BCUT2D eigenvalue weighted by atomic mass is 10.1. The molecule has 2 aliphatic rings. The molecule has 0 bridgehead atoms. The van der Waals surface area contributed by atoms with Crippen LogP contribution in [-0.4, -0.2) is 50.3 Å². The number of halogens is 3. The maximum Gasteiger partial charge on any atom is 0.258 e. The Morgan fingerprint density at radius 1 is 1.47 bits per heavy atom. The van der Waals surface area contributed by atoms with Gasteiger partial charge in [0, 0.05) is 33.2 Å². The van der Waals surface area contributed by atoms with E-state index in [-0.39, 0.29) is 19.6 Å². The fourth-order valence-electron chi connectivity index (χ4n) is 2.39. The Hall–Kier alpha value is -0.290. The average Bonchev–Trinajstić information content (AvgIpc) is 2.49. The van der Waals surface area contributed by atoms with Gasteiger partial charge in [-0.2, -0.15) is 0 Å². The zero-order valence-electron chi connectivity index (χ0n) is 8.81. The molecule has 1 aliphatic carbocycles. The monoisotopic (exact) mass is 223 g/mol. The molecule has 15 heavy (non-hydrogen) atoms. The second kappa shape index (κ2) is 3.63. The maximum absolute atomic E-state index is 13.2. The maximum atomic E-state index is 13.2. The van der Waals surface area contributed by atoms with Crippen LogP contribution in [0.15, 0.2) is 0 Å². The van der Waals surface area contributed by atoms with E-state index < -0.39 is 17.5 Å². The summed E-state index contributed by atoms with van der Waals surface area (Å²) in [6.07, 6.45) is -0.507. The van der Waals surface area contributed by atoms with Gasteiger partial charge in [0.15, 0.2) is 0 Å². The van der Waals surface area contributed by atoms with E-state index in [0.717, 1.165) is 0 Å². The summed E-state index contributed by atoms with van der Waals surface area (Å²) < 4.78 is 44.1. The topological polar surface area (TPSA) is 12.5 Å². The number of hydrogen-bond acceptors (Lipinski definition) is 2. The van der Waals surface area contributed by atoms with Gasteiger partial charge in [0.1, 0.15) is 6.17 Å². The Morgan fingerprint density at radius 3 is 2.53 bits per heavy atom. The van der Waals surface area contributed by atoms with Crippen LogP contribution in [0.5, 0.6) is 0 Å². The Morgan fingerprint density at radius 2 is 2.13 bits per heavy atom. The van der Waals surface area contributed by atoms with Crippen molar-refractivity contribution >= 4 is 0 Å². The number of ether oxygens (including phenoxy) is 1. The van der Waals surface area contributed by atoms with Gasteiger partial charge in [-0.1, -0.05) is 0 Å². The van der Waals surface area contributed by atoms with E-state index in [2.05, 4.69) is 0 Å². The predicted molar refractivity (Wildman–Crippen MR) is 49.8 cm³/mol. The number of rotatable bonds is 4. The molecule has 0 aromatic heterocycles. The van der Waals surface area contributed by atoms with Crippen LogP contribution in [0.1, 0.15) is 12.8 Å². The van der Waals surface area contributed by atoms with Crippen LogP contribution in [-0.2, 0) is 4.74 Å². The van der Waals surface area contributed by atoms with Crippen LogP contribution in [0.3, 0.4) is 0 Å². The molecular weight excluding hydrogens is 207 g/mol. The Labute approximate surface area is 87.4 Å². The number of nitrogens with zero attached hydrogens (tertiary/aromatic N) is 1. The van der Waals surface area contributed by atoms with Crippen molar-refractivity contribution in [1.29, 1.82) is 0 Å². The van der Waals surface area contributed by atoms with Crippen molar-refractivity contribution in [2.24, 2.45) is 5.41 Å². The molecule has 88 valence electrons. The number of methoxy groups -OCH3 is 1. The van der Waals surface area contributed by atoms with Gasteiger partial charge >= 0.3 is 0 Å². The van der Waals surface area contributed by atoms with Crippen LogP contribution in [0.25, 0.3) is 0 Å². The molecule has 0 aromatic rings. The lowest BCUT2D eigenvalue weighted by molar-refractivity contribution is 0.00842. The van der Waals surface area contributed by atoms with Gasteiger partial charge in [-0.25, -0.2) is 13.2 Å². The summed E-state index contributed by atoms with van der Waals surface area (Å²) in [6.45, 7) is 1.20. The number of likely N-dealkylation sites (tertiary alicyclic amines) is 1. The minimum atomic E-state index is -2.63. The SMILES string of the molecule is COC[C@]1(CN2CC[C@@H](F)C2)CC1(F)F. The molecule has 2 atom stereocenters. The van der Waals surface area contributed by atoms with Gasteiger partial charge in [-0.3, -0.25) is 4.90 Å². The molecule has 0 radical (unpaired) electrons. The molecular formula is C10H16F3NO. The highest BCUT2D eigenvalue weighted by atomic mass is 19.3. The van der Waals surface area contributed by atoms with Gasteiger partial charge in [-0.05, 0) is 6.42 Å². The summed E-state index contributed by atoms with van der Waals surface area (Å²) in [7, 11) is 1.43. The molecule has 1 saturated heterocycles. The zero-order chi connectivity index (χ0) is 11.1. The number of hydrogen-bond donors (Lipinski definition) is 0. The third-order valence-electron chi connectivity index (χ3n) is 3.37. The van der Waals surface area contributed by atoms with Gasteiger partial charge < -0.3 is 4.74 Å². The Balaban J connectivity index is 1.92. The highest BCUT2D eigenvalue weighted by molar-refractivity contribution is 5.12. The van der Waals surface area contributed by atoms with Crippen molar-refractivity contribution in [2.45, 2.75) is 24.9 Å². The summed E-state index contributed by atoms with van der Waals surface area (Å²) in [4.78, 5) is 1.78. The minimum Gasteiger partial charge on any atom is -0.384 e. The fourth-order valence-corrected chi connectivity index (χ4v) is 2.39. The van der Waals surface area contributed by atoms with E-state index in [0.29, 0.717) is 19.5 Å². The third kappa shape index (κ3) is 1.99. The molecule has 0 aromatic carbocycles. The second-order valence-electron chi connectivity index (χ2n) is 4.72. The van der Waals surface area contributed by atoms with Crippen LogP contribution >= 0.6 is 0 Å². The Bertz CT molecular complexity index is 249.